The molecule has 0 radical (unpaired) electrons. The van der Waals surface area contributed by atoms with E-state index < -0.39 is 5.82 Å². The zero-order chi connectivity index (χ0) is 17.4. The van der Waals surface area contributed by atoms with E-state index in [2.05, 4.69) is 11.9 Å². The van der Waals surface area contributed by atoms with Gasteiger partial charge in [-0.1, -0.05) is 24.3 Å². The summed E-state index contributed by atoms with van der Waals surface area (Å²) in [6.45, 7) is 3.70. The van der Waals surface area contributed by atoms with Gasteiger partial charge in [0.25, 0.3) is 0 Å². The first-order valence-corrected chi connectivity index (χ1v) is 8.57. The van der Waals surface area contributed by atoms with Crippen molar-refractivity contribution in [1.29, 1.82) is 0 Å². The summed E-state index contributed by atoms with van der Waals surface area (Å²) in [6.07, 6.45) is 2.57. The fourth-order valence-corrected chi connectivity index (χ4v) is 2.93. The van der Waals surface area contributed by atoms with Crippen LogP contribution in [0.2, 0.25) is 0 Å². The molecule has 3 nitrogen and oxygen atoms in total. The monoisotopic (exact) mass is 345 g/mol. The first-order valence-electron chi connectivity index (χ1n) is 7.59. The average molecular weight is 345 g/mol. The lowest BCUT2D eigenvalue weighted by Gasteiger charge is -2.10. The fraction of sp³-hybridized carbons (Fsp3) is 0.211. The van der Waals surface area contributed by atoms with Gasteiger partial charge in [-0.2, -0.15) is 0 Å². The molecule has 1 N–H and O–H groups in total. The first kappa shape index (κ1) is 18.1. The molecule has 5 heteroatoms. The van der Waals surface area contributed by atoms with Gasteiger partial charge in [0.1, 0.15) is 0 Å². The molecule has 0 bridgehead atoms. The molecule has 0 fully saturated rings. The Morgan fingerprint density at radius 3 is 2.83 bits per heavy atom. The molecule has 0 aliphatic heterocycles. The largest absolute Gasteiger partial charge is 0.494 e. The third-order valence-electron chi connectivity index (χ3n) is 3.37. The molecule has 0 aliphatic rings. The van der Waals surface area contributed by atoms with Crippen LogP contribution in [-0.2, 0) is 11.2 Å². The van der Waals surface area contributed by atoms with Crippen LogP contribution < -0.4 is 10.1 Å². The van der Waals surface area contributed by atoms with Crippen molar-refractivity contribution < 1.29 is 13.9 Å². The SMILES string of the molecule is C=CCSc1ccccc1NC(=O)CCc1ccc(OC)c(F)c1. The van der Waals surface area contributed by atoms with Crippen molar-refractivity contribution >= 4 is 23.4 Å². The summed E-state index contributed by atoms with van der Waals surface area (Å²) in [5.41, 5.74) is 1.55. The van der Waals surface area contributed by atoms with Crippen LogP contribution >= 0.6 is 11.8 Å². The number of ether oxygens (including phenoxy) is 1. The predicted molar refractivity (Wildman–Crippen MR) is 97.3 cm³/mol. The molecule has 0 aliphatic carbocycles. The highest BCUT2D eigenvalue weighted by atomic mass is 32.2. The molecule has 0 aromatic heterocycles. The smallest absolute Gasteiger partial charge is 0.224 e. The molecular formula is C19H20FNO2S. The highest BCUT2D eigenvalue weighted by molar-refractivity contribution is 7.99. The summed E-state index contributed by atoms with van der Waals surface area (Å²) < 4.78 is 18.5. The number of benzene rings is 2. The van der Waals surface area contributed by atoms with Crippen LogP contribution in [0.5, 0.6) is 5.75 Å². The Morgan fingerprint density at radius 1 is 1.33 bits per heavy atom. The number of carbonyl (C=O) groups is 1. The summed E-state index contributed by atoms with van der Waals surface area (Å²) in [4.78, 5) is 13.2. The van der Waals surface area contributed by atoms with Gasteiger partial charge in [0.2, 0.25) is 5.91 Å². The van der Waals surface area contributed by atoms with Crippen molar-refractivity contribution in [3.8, 4) is 5.75 Å². The number of hydrogen-bond acceptors (Lipinski definition) is 3. The zero-order valence-electron chi connectivity index (χ0n) is 13.5. The van der Waals surface area contributed by atoms with Gasteiger partial charge >= 0.3 is 0 Å². The first-order chi connectivity index (χ1) is 11.6. The highest BCUT2D eigenvalue weighted by Crippen LogP contribution is 2.27. The summed E-state index contributed by atoms with van der Waals surface area (Å²) >= 11 is 1.61. The number of carbonyl (C=O) groups excluding carboxylic acids is 1. The standard InChI is InChI=1S/C19H20FNO2S/c1-3-12-24-18-7-5-4-6-16(18)21-19(22)11-9-14-8-10-17(23-2)15(20)13-14/h3-8,10,13H,1,9,11-12H2,2H3,(H,21,22). The van der Waals surface area contributed by atoms with Crippen LogP contribution in [0.3, 0.4) is 0 Å². The molecule has 0 saturated heterocycles. The molecular weight excluding hydrogens is 325 g/mol. The van der Waals surface area contributed by atoms with E-state index in [4.69, 9.17) is 4.74 Å². The number of anilines is 1. The Bertz CT molecular complexity index is 718. The van der Waals surface area contributed by atoms with Gasteiger partial charge in [-0.25, -0.2) is 4.39 Å². The number of rotatable bonds is 8. The third-order valence-corrected chi connectivity index (χ3v) is 4.44. The summed E-state index contributed by atoms with van der Waals surface area (Å²) in [6, 6.07) is 12.4. The van der Waals surface area contributed by atoms with E-state index in [9.17, 15) is 9.18 Å². The molecule has 0 atom stereocenters. The van der Waals surface area contributed by atoms with Crippen molar-refractivity contribution in [3.63, 3.8) is 0 Å². The Labute approximate surface area is 145 Å². The molecule has 0 spiro atoms. The summed E-state index contributed by atoms with van der Waals surface area (Å²) in [5.74, 6) is 0.466. The van der Waals surface area contributed by atoms with Crippen molar-refractivity contribution in [3.05, 3.63) is 66.5 Å². The van der Waals surface area contributed by atoms with Crippen LogP contribution in [0, 0.1) is 5.82 Å². The number of thioether (sulfide) groups is 1. The van der Waals surface area contributed by atoms with Crippen LogP contribution in [0.4, 0.5) is 10.1 Å². The maximum absolute atomic E-state index is 13.7. The van der Waals surface area contributed by atoms with E-state index in [1.807, 2.05) is 30.3 Å². The van der Waals surface area contributed by atoms with Gasteiger partial charge < -0.3 is 10.1 Å². The van der Waals surface area contributed by atoms with E-state index in [0.29, 0.717) is 6.42 Å². The number of nitrogens with one attached hydrogen (secondary N) is 1. The summed E-state index contributed by atoms with van der Waals surface area (Å²) in [5, 5.41) is 2.91. The molecule has 24 heavy (non-hydrogen) atoms. The van der Waals surface area contributed by atoms with Gasteiger partial charge in [-0.3, -0.25) is 4.79 Å². The molecule has 2 aromatic carbocycles. The minimum absolute atomic E-state index is 0.0992. The molecule has 2 rings (SSSR count). The van der Waals surface area contributed by atoms with E-state index in [1.54, 1.807) is 23.9 Å². The highest BCUT2D eigenvalue weighted by Gasteiger charge is 2.09. The van der Waals surface area contributed by atoms with E-state index in [0.717, 1.165) is 21.9 Å². The number of hydrogen-bond donors (Lipinski definition) is 1. The van der Waals surface area contributed by atoms with Crippen molar-refractivity contribution in [2.45, 2.75) is 17.7 Å². The van der Waals surface area contributed by atoms with Crippen LogP contribution in [0.25, 0.3) is 0 Å². The number of amides is 1. The zero-order valence-corrected chi connectivity index (χ0v) is 14.4. The second-order valence-corrected chi connectivity index (χ2v) is 6.17. The topological polar surface area (TPSA) is 38.3 Å². The fourth-order valence-electron chi connectivity index (χ4n) is 2.18. The Kier molecular flexibility index (Phi) is 6.88. The van der Waals surface area contributed by atoms with Crippen LogP contribution in [0.1, 0.15) is 12.0 Å². The second-order valence-electron chi connectivity index (χ2n) is 5.11. The number of para-hydroxylation sites is 1. The molecule has 0 unspecified atom stereocenters. The van der Waals surface area contributed by atoms with Crippen LogP contribution in [0.15, 0.2) is 60.0 Å². The maximum Gasteiger partial charge on any atom is 0.224 e. The van der Waals surface area contributed by atoms with Gasteiger partial charge in [0, 0.05) is 17.1 Å². The molecule has 126 valence electrons. The molecule has 2 aromatic rings. The van der Waals surface area contributed by atoms with Gasteiger partial charge in [-0.15, -0.1) is 18.3 Å². The van der Waals surface area contributed by atoms with Crippen LogP contribution in [-0.4, -0.2) is 18.8 Å². The molecule has 0 saturated carbocycles. The number of halogens is 1. The Balaban J connectivity index is 1.94. The Hall–Kier alpha value is -2.27. The van der Waals surface area contributed by atoms with E-state index >= 15 is 0 Å². The predicted octanol–water partition coefficient (Wildman–Crippen LogP) is 4.68. The van der Waals surface area contributed by atoms with E-state index in [-0.39, 0.29) is 18.1 Å². The van der Waals surface area contributed by atoms with E-state index in [1.165, 1.54) is 13.2 Å². The maximum atomic E-state index is 13.7. The molecule has 0 heterocycles. The van der Waals surface area contributed by atoms with Crippen molar-refractivity contribution in [2.24, 2.45) is 0 Å². The number of methoxy groups -OCH3 is 1. The van der Waals surface area contributed by atoms with Crippen molar-refractivity contribution in [2.75, 3.05) is 18.2 Å². The normalized spacial score (nSPS) is 10.2. The lowest BCUT2D eigenvalue weighted by atomic mass is 10.1. The van der Waals surface area contributed by atoms with Gasteiger partial charge in [0.15, 0.2) is 11.6 Å². The lowest BCUT2D eigenvalue weighted by molar-refractivity contribution is -0.116. The minimum atomic E-state index is -0.415. The number of aryl methyl sites for hydroxylation is 1. The minimum Gasteiger partial charge on any atom is -0.494 e. The molecule has 1 amide bonds. The third kappa shape index (κ3) is 5.13. The quantitative estimate of drug-likeness (QED) is 0.557. The summed E-state index contributed by atoms with van der Waals surface area (Å²) in [7, 11) is 1.42. The second kappa shape index (κ2) is 9.13. The van der Waals surface area contributed by atoms with Gasteiger partial charge in [0.05, 0.1) is 12.8 Å². The Morgan fingerprint density at radius 2 is 2.12 bits per heavy atom. The van der Waals surface area contributed by atoms with Gasteiger partial charge in [-0.05, 0) is 36.2 Å². The van der Waals surface area contributed by atoms with Crippen molar-refractivity contribution in [1.82, 2.24) is 0 Å². The average Bonchev–Trinajstić information content (AvgIpc) is 2.59. The lowest BCUT2D eigenvalue weighted by Crippen LogP contribution is -2.13.